The van der Waals surface area contributed by atoms with E-state index in [0.717, 1.165) is 0 Å². The molecule has 366 valence electrons. The molecule has 2 rings (SSSR count). The summed E-state index contributed by atoms with van der Waals surface area (Å²) in [5, 5.41) is 33.7. The third kappa shape index (κ3) is 17.7. The fourth-order valence-electron chi connectivity index (χ4n) is 6.96. The van der Waals surface area contributed by atoms with E-state index in [1.165, 1.54) is 4.90 Å². The predicted molar refractivity (Wildman–Crippen MR) is 234 cm³/mol. The first-order valence-electron chi connectivity index (χ1n) is 21.6. The van der Waals surface area contributed by atoms with E-state index in [0.29, 0.717) is 18.4 Å². The Hall–Kier alpha value is -6.69. The van der Waals surface area contributed by atoms with Crippen molar-refractivity contribution >= 4 is 65.0 Å². The van der Waals surface area contributed by atoms with Gasteiger partial charge in [-0.2, -0.15) is 0 Å². The number of nitrogens with zero attached hydrogens (tertiary/aromatic N) is 1. The number of nitrogens with two attached hydrogens (primary N) is 4. The number of carboxylic acid groups (broad SMARTS) is 1. The van der Waals surface area contributed by atoms with Crippen LogP contribution in [0.15, 0.2) is 30.3 Å². The maximum atomic E-state index is 14.5. The van der Waals surface area contributed by atoms with Crippen molar-refractivity contribution in [2.24, 2.45) is 34.8 Å². The van der Waals surface area contributed by atoms with E-state index in [-0.39, 0.29) is 38.6 Å². The van der Waals surface area contributed by atoms with Gasteiger partial charge in [0.05, 0.1) is 13.0 Å². The molecule has 0 spiro atoms. The normalized spacial score (nSPS) is 17.0. The Balaban J connectivity index is 2.41. The molecule has 24 heteroatoms. The highest BCUT2D eigenvalue weighted by Crippen LogP contribution is 2.21. The molecule has 1 aromatic carbocycles. The molecule has 1 aromatic rings. The number of likely N-dealkylation sites (tertiary alicyclic amines) is 1. The zero-order chi connectivity index (χ0) is 49.8. The van der Waals surface area contributed by atoms with Gasteiger partial charge in [-0.3, -0.25) is 47.9 Å². The highest BCUT2D eigenvalue weighted by atomic mass is 16.4. The van der Waals surface area contributed by atoms with E-state index in [4.69, 9.17) is 22.9 Å². The standard InChI is InChI=1S/C42H65N11O13/c1-5-22(4)34(40(63)51-33(21(2)3)39(62)48-26(42(65)66)14-16-31(45)56)52-38(61)29-12-9-17-53(29)41(64)28(18-23-10-7-6-8-11-23)50-37(60)27(19-32(46)57)49-36(59)25(13-15-30(44)55)47-35(58)24(43)20-54/h6-8,10-11,21-22,24-29,33-34,54H,5,9,12-20,43H2,1-4H3,(H2,44,55)(H2,45,56)(H2,46,57)(H,47,58)(H,48,62)(H,49,59)(H,50,60)(H,51,63)(H,52,61)(H,65,66)/t22-,24-,25-,26-,27-,28-,29-,33-,34-/m0/s1. The molecule has 1 aliphatic heterocycles. The Morgan fingerprint density at radius 3 is 1.74 bits per heavy atom. The number of carboxylic acids is 1. The number of aliphatic hydroxyl groups is 1. The van der Waals surface area contributed by atoms with E-state index < -0.39 is 145 Å². The Morgan fingerprint density at radius 2 is 1.21 bits per heavy atom. The SMILES string of the molecule is CC[C@H](C)[C@H](NC(=O)[C@@H]1CCCN1C(=O)[C@H](Cc1ccccc1)NC(=O)[C@H](CC(N)=O)NC(=O)[C@H](CCC(N)=O)NC(=O)[C@@H](N)CO)C(=O)N[C@H](C(=O)N[C@@H](CCC(N)=O)C(=O)O)C(C)C. The number of primary amides is 3. The first-order chi connectivity index (χ1) is 31.0. The van der Waals surface area contributed by atoms with E-state index in [1.807, 2.05) is 0 Å². The maximum absolute atomic E-state index is 14.5. The molecule has 66 heavy (non-hydrogen) atoms. The van der Waals surface area contributed by atoms with Crippen molar-refractivity contribution in [3.8, 4) is 0 Å². The number of hydrogen-bond acceptors (Lipinski definition) is 13. The van der Waals surface area contributed by atoms with Crippen molar-refractivity contribution in [3.05, 3.63) is 35.9 Å². The van der Waals surface area contributed by atoms with E-state index in [9.17, 15) is 63.0 Å². The van der Waals surface area contributed by atoms with Gasteiger partial charge >= 0.3 is 5.97 Å². The lowest BCUT2D eigenvalue weighted by molar-refractivity contribution is -0.143. The van der Waals surface area contributed by atoms with Crippen molar-refractivity contribution in [1.82, 2.24) is 36.8 Å². The lowest BCUT2D eigenvalue weighted by atomic mass is 9.95. The zero-order valence-electron chi connectivity index (χ0n) is 37.6. The minimum Gasteiger partial charge on any atom is -0.480 e. The van der Waals surface area contributed by atoms with Gasteiger partial charge in [-0.15, -0.1) is 0 Å². The molecule has 1 saturated heterocycles. The minimum atomic E-state index is -1.73. The van der Waals surface area contributed by atoms with Gasteiger partial charge in [-0.05, 0) is 43.1 Å². The monoisotopic (exact) mass is 931 g/mol. The Morgan fingerprint density at radius 1 is 0.682 bits per heavy atom. The highest BCUT2D eigenvalue weighted by molar-refractivity contribution is 5.99. The second-order valence-electron chi connectivity index (χ2n) is 16.5. The summed E-state index contributed by atoms with van der Waals surface area (Å²) >= 11 is 0. The lowest BCUT2D eigenvalue weighted by Crippen LogP contribution is -2.61. The molecule has 9 atom stereocenters. The van der Waals surface area contributed by atoms with Gasteiger partial charge < -0.3 is 69.9 Å². The van der Waals surface area contributed by atoms with Crippen LogP contribution in [0.1, 0.15) is 84.6 Å². The second kappa shape index (κ2) is 26.9. The van der Waals surface area contributed by atoms with Gasteiger partial charge in [0.2, 0.25) is 59.1 Å². The molecule has 0 unspecified atom stereocenters. The number of rotatable bonds is 28. The Kier molecular flexibility index (Phi) is 22.6. The second-order valence-corrected chi connectivity index (χ2v) is 16.5. The van der Waals surface area contributed by atoms with Gasteiger partial charge in [0.15, 0.2) is 0 Å². The van der Waals surface area contributed by atoms with E-state index in [1.54, 1.807) is 58.0 Å². The first kappa shape index (κ1) is 55.4. The predicted octanol–water partition coefficient (Wildman–Crippen LogP) is -4.36. The quantitative estimate of drug-likeness (QED) is 0.0378. The van der Waals surface area contributed by atoms with Crippen LogP contribution in [-0.2, 0) is 59.2 Å². The third-order valence-electron chi connectivity index (χ3n) is 11.0. The van der Waals surface area contributed by atoms with Gasteiger partial charge in [-0.25, -0.2) is 4.79 Å². The van der Waals surface area contributed by atoms with Crippen LogP contribution >= 0.6 is 0 Å². The van der Waals surface area contributed by atoms with Gasteiger partial charge in [0.1, 0.15) is 48.3 Å². The molecule has 0 saturated carbocycles. The molecule has 1 fully saturated rings. The number of aliphatic carboxylic acids is 1. The molecule has 0 radical (unpaired) electrons. The van der Waals surface area contributed by atoms with Crippen molar-refractivity contribution in [1.29, 1.82) is 0 Å². The van der Waals surface area contributed by atoms with Crippen molar-refractivity contribution in [2.45, 2.75) is 134 Å². The Bertz CT molecular complexity index is 1920. The van der Waals surface area contributed by atoms with Crippen molar-refractivity contribution in [2.75, 3.05) is 13.2 Å². The van der Waals surface area contributed by atoms with Crippen LogP contribution in [0.3, 0.4) is 0 Å². The molecule has 0 aromatic heterocycles. The number of aliphatic hydroxyl groups excluding tert-OH is 1. The number of nitrogens with one attached hydrogen (secondary N) is 6. The molecule has 1 aliphatic rings. The fraction of sp³-hybridized carbons (Fsp3) is 0.595. The Labute approximate surface area is 381 Å². The smallest absolute Gasteiger partial charge is 0.326 e. The molecule has 0 bridgehead atoms. The van der Waals surface area contributed by atoms with Gasteiger partial charge in [0.25, 0.3) is 0 Å². The topological polar surface area (TPSA) is 408 Å². The van der Waals surface area contributed by atoms with Crippen molar-refractivity contribution in [3.63, 3.8) is 0 Å². The van der Waals surface area contributed by atoms with Crippen molar-refractivity contribution < 1.29 is 63.0 Å². The first-order valence-corrected chi connectivity index (χ1v) is 21.6. The number of amides is 10. The summed E-state index contributed by atoms with van der Waals surface area (Å²) in [7, 11) is 0. The minimum absolute atomic E-state index is 0.0486. The molecular formula is C42H65N11O13. The summed E-state index contributed by atoms with van der Waals surface area (Å²) in [5.74, 6) is -11.3. The van der Waals surface area contributed by atoms with E-state index in [2.05, 4.69) is 31.9 Å². The van der Waals surface area contributed by atoms with E-state index >= 15 is 0 Å². The number of carbonyl (C=O) groups is 11. The van der Waals surface area contributed by atoms with Crippen LogP contribution in [0.25, 0.3) is 0 Å². The number of hydrogen-bond donors (Lipinski definition) is 12. The number of carbonyl (C=O) groups excluding carboxylic acids is 10. The average Bonchev–Trinajstić information content (AvgIpc) is 3.76. The highest BCUT2D eigenvalue weighted by Gasteiger charge is 2.41. The summed E-state index contributed by atoms with van der Waals surface area (Å²) < 4.78 is 0. The van der Waals surface area contributed by atoms with Crippen LogP contribution in [0.5, 0.6) is 0 Å². The molecule has 10 amide bonds. The average molecular weight is 932 g/mol. The molecular weight excluding hydrogens is 867 g/mol. The summed E-state index contributed by atoms with van der Waals surface area (Å²) in [5.41, 5.74) is 22.0. The lowest BCUT2D eigenvalue weighted by Gasteiger charge is -2.32. The zero-order valence-corrected chi connectivity index (χ0v) is 37.6. The van der Waals surface area contributed by atoms with Crippen LogP contribution in [0, 0.1) is 11.8 Å². The summed E-state index contributed by atoms with van der Waals surface area (Å²) in [4.78, 5) is 144. The van der Waals surface area contributed by atoms with Crippen LogP contribution < -0.4 is 54.8 Å². The van der Waals surface area contributed by atoms with Gasteiger partial charge in [0, 0.05) is 25.8 Å². The summed E-state index contributed by atoms with van der Waals surface area (Å²) in [6.07, 6.45) is -1.41. The molecule has 24 nitrogen and oxygen atoms in total. The third-order valence-corrected chi connectivity index (χ3v) is 11.0. The fourth-order valence-corrected chi connectivity index (χ4v) is 6.96. The number of benzene rings is 1. The van der Waals surface area contributed by atoms with Crippen LogP contribution in [0.4, 0.5) is 0 Å². The summed E-state index contributed by atoms with van der Waals surface area (Å²) in [6.45, 7) is 5.93. The largest absolute Gasteiger partial charge is 0.480 e. The van der Waals surface area contributed by atoms with Crippen LogP contribution in [0.2, 0.25) is 0 Å². The molecule has 1 heterocycles. The van der Waals surface area contributed by atoms with Crippen LogP contribution in [-0.4, -0.2) is 142 Å². The summed E-state index contributed by atoms with van der Waals surface area (Å²) in [6, 6.07) is -2.80. The van der Waals surface area contributed by atoms with Gasteiger partial charge in [-0.1, -0.05) is 64.4 Å². The molecule has 0 aliphatic carbocycles. The maximum Gasteiger partial charge on any atom is 0.326 e. The molecule has 16 N–H and O–H groups in total.